The molecule has 184 valence electrons. The second-order valence-electron chi connectivity index (χ2n) is 8.47. The maximum absolute atomic E-state index is 14.6. The average molecular weight is 489 g/mol. The van der Waals surface area contributed by atoms with Gasteiger partial charge in [0, 0.05) is 29.6 Å². The van der Waals surface area contributed by atoms with Crippen LogP contribution < -0.4 is 5.32 Å². The number of carbonyl (C=O) groups is 2. The molecule has 1 N–H and O–H groups in total. The normalized spacial score (nSPS) is 14.5. The lowest BCUT2D eigenvalue weighted by Gasteiger charge is -2.18. The van der Waals surface area contributed by atoms with E-state index in [-0.39, 0.29) is 16.8 Å². The highest BCUT2D eigenvalue weighted by atomic mass is 19.4. The molecule has 4 rings (SSSR count). The molecule has 1 fully saturated rings. The van der Waals surface area contributed by atoms with Crippen molar-refractivity contribution in [1.82, 2.24) is 9.78 Å². The molecular weight excluding hydrogens is 466 g/mol. The first kappa shape index (κ1) is 24.4. The van der Waals surface area contributed by atoms with Crippen molar-refractivity contribution in [2.45, 2.75) is 44.3 Å². The molecule has 0 atom stereocenters. The van der Waals surface area contributed by atoms with Crippen LogP contribution in [0.15, 0.2) is 48.8 Å². The number of halogens is 4. The van der Waals surface area contributed by atoms with Gasteiger partial charge >= 0.3 is 12.1 Å². The lowest BCUT2D eigenvalue weighted by molar-refractivity contribution is -0.137. The molecule has 0 unspecified atom stereocenters. The summed E-state index contributed by atoms with van der Waals surface area (Å²) in [5.41, 5.74) is -0.730. The summed E-state index contributed by atoms with van der Waals surface area (Å²) in [5, 5.41) is 6.95. The van der Waals surface area contributed by atoms with Crippen molar-refractivity contribution in [3.8, 4) is 11.1 Å². The molecule has 1 saturated carbocycles. The van der Waals surface area contributed by atoms with E-state index in [1.165, 1.54) is 13.2 Å². The maximum Gasteiger partial charge on any atom is 0.416 e. The van der Waals surface area contributed by atoms with Gasteiger partial charge in [-0.15, -0.1) is 0 Å². The number of nitrogens with zero attached hydrogens (tertiary/aromatic N) is 2. The van der Waals surface area contributed by atoms with Crippen LogP contribution in [0.2, 0.25) is 0 Å². The number of alkyl halides is 3. The highest BCUT2D eigenvalue weighted by molar-refractivity contribution is 6.04. The van der Waals surface area contributed by atoms with Gasteiger partial charge in [0.05, 0.1) is 29.8 Å². The second-order valence-corrected chi connectivity index (χ2v) is 8.47. The number of hydrogen-bond acceptors (Lipinski definition) is 4. The molecule has 35 heavy (non-hydrogen) atoms. The molecule has 0 bridgehead atoms. The minimum atomic E-state index is -4.68. The summed E-state index contributed by atoms with van der Waals surface area (Å²) in [5.74, 6) is -2.26. The Bertz CT molecular complexity index is 1280. The fourth-order valence-corrected chi connectivity index (χ4v) is 4.08. The predicted octanol–water partition coefficient (Wildman–Crippen LogP) is 5.57. The fourth-order valence-electron chi connectivity index (χ4n) is 4.08. The smallest absolute Gasteiger partial charge is 0.416 e. The topological polar surface area (TPSA) is 73.2 Å². The van der Waals surface area contributed by atoms with Crippen molar-refractivity contribution in [2.24, 2.45) is 0 Å². The number of hydrogen-bond donors (Lipinski definition) is 1. The first-order valence-corrected chi connectivity index (χ1v) is 11.0. The summed E-state index contributed by atoms with van der Waals surface area (Å²) in [6.07, 6.45) is 0.215. The average Bonchev–Trinajstić information content (AvgIpc) is 3.50. The molecule has 1 heterocycles. The quantitative estimate of drug-likeness (QED) is 0.348. The molecule has 1 aliphatic rings. The molecular formula is C25H23F4N3O3. The third kappa shape index (κ3) is 4.78. The molecule has 3 aromatic rings. The van der Waals surface area contributed by atoms with E-state index < -0.39 is 34.8 Å². The Balaban J connectivity index is 1.61. The minimum Gasteiger partial charge on any atom is -0.465 e. The van der Waals surface area contributed by atoms with Crippen LogP contribution >= 0.6 is 0 Å². The monoisotopic (exact) mass is 489 g/mol. The molecule has 6 nitrogen and oxygen atoms in total. The van der Waals surface area contributed by atoms with Crippen LogP contribution in [-0.2, 0) is 27.7 Å². The minimum absolute atomic E-state index is 0.0869. The standard InChI is InChI=1S/C25H23F4N3O3/c1-3-10-32-14-15(13-30-32)18-6-5-17(12-19(18)22(33)35-2)31-23(34)24(8-9-24)20-7-4-16(11-21(20)26)25(27,28)29/h4-7,11-14H,3,8-10H2,1-2H3,(H,31,34). The third-order valence-electron chi connectivity index (χ3n) is 6.08. The maximum atomic E-state index is 14.6. The number of methoxy groups -OCH3 is 1. The number of benzene rings is 2. The summed E-state index contributed by atoms with van der Waals surface area (Å²) >= 11 is 0. The van der Waals surface area contributed by atoms with Crippen molar-refractivity contribution < 1.29 is 31.9 Å². The fraction of sp³-hybridized carbons (Fsp3) is 0.320. The lowest BCUT2D eigenvalue weighted by Crippen LogP contribution is -2.29. The van der Waals surface area contributed by atoms with E-state index in [2.05, 4.69) is 10.4 Å². The van der Waals surface area contributed by atoms with Crippen LogP contribution in [0.25, 0.3) is 11.1 Å². The molecule has 10 heteroatoms. The van der Waals surface area contributed by atoms with Crippen molar-refractivity contribution in [1.29, 1.82) is 0 Å². The highest BCUT2D eigenvalue weighted by Gasteiger charge is 2.53. The van der Waals surface area contributed by atoms with E-state index in [1.807, 2.05) is 6.92 Å². The SMILES string of the molecule is CCCn1cc(-c2ccc(NC(=O)C3(c4ccc(C(F)(F)F)cc4F)CC3)cc2C(=O)OC)cn1. The summed E-state index contributed by atoms with van der Waals surface area (Å²) < 4.78 is 59.9. The Hall–Kier alpha value is -3.69. The zero-order chi connectivity index (χ0) is 25.4. The molecule has 0 saturated heterocycles. The zero-order valence-electron chi connectivity index (χ0n) is 19.1. The highest BCUT2D eigenvalue weighted by Crippen LogP contribution is 2.50. The molecule has 1 aliphatic carbocycles. The zero-order valence-corrected chi connectivity index (χ0v) is 19.1. The van der Waals surface area contributed by atoms with Gasteiger partial charge in [0.25, 0.3) is 0 Å². The van der Waals surface area contributed by atoms with E-state index >= 15 is 0 Å². The number of carbonyl (C=O) groups excluding carboxylic acids is 2. The van der Waals surface area contributed by atoms with Gasteiger partial charge in [0.15, 0.2) is 0 Å². The lowest BCUT2D eigenvalue weighted by atomic mass is 9.93. The summed E-state index contributed by atoms with van der Waals surface area (Å²) in [6, 6.07) is 6.89. The third-order valence-corrected chi connectivity index (χ3v) is 6.08. The summed E-state index contributed by atoms with van der Waals surface area (Å²) in [7, 11) is 1.24. The van der Waals surface area contributed by atoms with E-state index in [4.69, 9.17) is 4.74 Å². The molecule has 0 radical (unpaired) electrons. The van der Waals surface area contributed by atoms with E-state index in [1.54, 1.807) is 29.2 Å². The number of anilines is 1. The molecule has 0 aliphatic heterocycles. The van der Waals surface area contributed by atoms with E-state index in [9.17, 15) is 27.2 Å². The van der Waals surface area contributed by atoms with Crippen molar-refractivity contribution in [3.05, 3.63) is 71.3 Å². The number of aryl methyl sites for hydroxylation is 1. The van der Waals surface area contributed by atoms with Crippen LogP contribution in [0.5, 0.6) is 0 Å². The van der Waals surface area contributed by atoms with Crippen LogP contribution in [0.3, 0.4) is 0 Å². The van der Waals surface area contributed by atoms with Crippen LogP contribution in [0.1, 0.15) is 47.7 Å². The first-order chi connectivity index (χ1) is 16.6. The number of rotatable bonds is 7. The predicted molar refractivity (Wildman–Crippen MR) is 120 cm³/mol. The number of esters is 1. The van der Waals surface area contributed by atoms with Gasteiger partial charge in [-0.1, -0.05) is 19.1 Å². The Morgan fingerprint density at radius 1 is 1.17 bits per heavy atom. The number of nitrogens with one attached hydrogen (secondary N) is 1. The van der Waals surface area contributed by atoms with Crippen LogP contribution in [0.4, 0.5) is 23.2 Å². The largest absolute Gasteiger partial charge is 0.465 e. The van der Waals surface area contributed by atoms with Gasteiger partial charge < -0.3 is 10.1 Å². The van der Waals surface area contributed by atoms with Gasteiger partial charge in [0.1, 0.15) is 5.82 Å². The van der Waals surface area contributed by atoms with Gasteiger partial charge in [-0.25, -0.2) is 9.18 Å². The van der Waals surface area contributed by atoms with Crippen molar-refractivity contribution >= 4 is 17.6 Å². The van der Waals surface area contributed by atoms with Crippen LogP contribution in [-0.4, -0.2) is 28.8 Å². The number of amides is 1. The molecule has 1 aromatic heterocycles. The summed E-state index contributed by atoms with van der Waals surface area (Å²) in [4.78, 5) is 25.5. The van der Waals surface area contributed by atoms with E-state index in [0.29, 0.717) is 36.6 Å². The number of ether oxygens (including phenoxy) is 1. The Morgan fingerprint density at radius 2 is 1.91 bits per heavy atom. The van der Waals surface area contributed by atoms with Gasteiger partial charge in [-0.2, -0.15) is 18.3 Å². The molecule has 2 aromatic carbocycles. The van der Waals surface area contributed by atoms with Gasteiger partial charge in [-0.3, -0.25) is 9.48 Å². The first-order valence-electron chi connectivity index (χ1n) is 11.0. The molecule has 0 spiro atoms. The Labute approximate surface area is 198 Å². The number of aromatic nitrogens is 2. The Morgan fingerprint density at radius 3 is 2.51 bits per heavy atom. The van der Waals surface area contributed by atoms with Crippen molar-refractivity contribution in [2.75, 3.05) is 12.4 Å². The Kier molecular flexibility index (Phi) is 6.40. The summed E-state index contributed by atoms with van der Waals surface area (Å²) in [6.45, 7) is 2.73. The van der Waals surface area contributed by atoms with Crippen molar-refractivity contribution in [3.63, 3.8) is 0 Å². The molecule has 1 amide bonds. The van der Waals surface area contributed by atoms with Gasteiger partial charge in [0.2, 0.25) is 5.91 Å². The van der Waals surface area contributed by atoms with Gasteiger partial charge in [-0.05, 0) is 49.1 Å². The second kappa shape index (κ2) is 9.16. The van der Waals surface area contributed by atoms with E-state index in [0.717, 1.165) is 18.6 Å². The van der Waals surface area contributed by atoms with Crippen LogP contribution in [0, 0.1) is 5.82 Å².